The van der Waals surface area contributed by atoms with Crippen LogP contribution in [0.25, 0.3) is 0 Å². The maximum atomic E-state index is 9.71. The van der Waals surface area contributed by atoms with E-state index in [0.717, 1.165) is 16.5 Å². The molecular weight excluding hydrogens is 240 g/mol. The van der Waals surface area contributed by atoms with Gasteiger partial charge in [0.1, 0.15) is 0 Å². The summed E-state index contributed by atoms with van der Waals surface area (Å²) in [7, 11) is 0. The minimum atomic E-state index is -0.356. The van der Waals surface area contributed by atoms with E-state index in [-0.39, 0.29) is 6.10 Å². The van der Waals surface area contributed by atoms with E-state index >= 15 is 0 Å². The first-order valence-electron chi connectivity index (χ1n) is 5.03. The Hall–Kier alpha value is -0.340. The van der Waals surface area contributed by atoms with Gasteiger partial charge in [0, 0.05) is 4.47 Å². The van der Waals surface area contributed by atoms with Gasteiger partial charge in [-0.2, -0.15) is 0 Å². The summed E-state index contributed by atoms with van der Waals surface area (Å²) in [4.78, 5) is 0. The second kappa shape index (κ2) is 4.94. The van der Waals surface area contributed by atoms with E-state index < -0.39 is 0 Å². The normalized spacial score (nSPS) is 13.3. The van der Waals surface area contributed by atoms with Gasteiger partial charge in [0.05, 0.1) is 6.10 Å². The van der Waals surface area contributed by atoms with Crippen LogP contribution in [0.4, 0.5) is 0 Å². The number of hydrogen-bond acceptors (Lipinski definition) is 1. The molecule has 1 aromatic carbocycles. The molecule has 1 unspecified atom stereocenters. The predicted molar refractivity (Wildman–Crippen MR) is 63.5 cm³/mol. The van der Waals surface area contributed by atoms with Crippen molar-refractivity contribution in [2.75, 3.05) is 0 Å². The van der Waals surface area contributed by atoms with Crippen LogP contribution in [-0.4, -0.2) is 5.11 Å². The third kappa shape index (κ3) is 2.58. The lowest BCUT2D eigenvalue weighted by Gasteiger charge is -2.13. The molecule has 1 N–H and O–H groups in total. The highest BCUT2D eigenvalue weighted by molar-refractivity contribution is 9.10. The molecule has 14 heavy (non-hydrogen) atoms. The van der Waals surface area contributed by atoms with Gasteiger partial charge in [-0.1, -0.05) is 48.8 Å². The highest BCUT2D eigenvalue weighted by Crippen LogP contribution is 2.28. The number of benzene rings is 1. The summed E-state index contributed by atoms with van der Waals surface area (Å²) >= 11 is 3.50. The zero-order valence-electron chi connectivity index (χ0n) is 8.92. The number of hydrogen-bond donors (Lipinski definition) is 1. The van der Waals surface area contributed by atoms with Crippen molar-refractivity contribution in [3.63, 3.8) is 0 Å². The molecular formula is C12H17BrO. The number of aliphatic hydroxyl groups excluding tert-OH is 1. The minimum Gasteiger partial charge on any atom is -0.388 e. The molecule has 0 saturated heterocycles. The van der Waals surface area contributed by atoms with Crippen LogP contribution in [0.5, 0.6) is 0 Å². The second-order valence-electron chi connectivity index (χ2n) is 3.86. The van der Waals surface area contributed by atoms with E-state index in [1.165, 1.54) is 5.56 Å². The van der Waals surface area contributed by atoms with Crippen molar-refractivity contribution in [3.05, 3.63) is 33.8 Å². The lowest BCUT2D eigenvalue weighted by atomic mass is 9.99. The van der Waals surface area contributed by atoms with Crippen LogP contribution in [0.15, 0.2) is 22.7 Å². The van der Waals surface area contributed by atoms with Gasteiger partial charge in [0.2, 0.25) is 0 Å². The van der Waals surface area contributed by atoms with Crippen LogP contribution in [0.2, 0.25) is 0 Å². The average Bonchev–Trinajstić information content (AvgIpc) is 2.16. The van der Waals surface area contributed by atoms with Gasteiger partial charge in [-0.3, -0.25) is 0 Å². The molecule has 0 aliphatic carbocycles. The first kappa shape index (κ1) is 11.7. The quantitative estimate of drug-likeness (QED) is 0.867. The Morgan fingerprint density at radius 2 is 2.00 bits per heavy atom. The summed E-state index contributed by atoms with van der Waals surface area (Å²) in [6.07, 6.45) is 0.394. The Bertz CT molecular complexity index is 307. The van der Waals surface area contributed by atoms with Crippen LogP contribution in [0.3, 0.4) is 0 Å². The number of halogens is 1. The van der Waals surface area contributed by atoms with Gasteiger partial charge in [0.15, 0.2) is 0 Å². The van der Waals surface area contributed by atoms with Crippen LogP contribution in [-0.2, 0) is 0 Å². The molecule has 0 aliphatic heterocycles. The van der Waals surface area contributed by atoms with Crippen LogP contribution < -0.4 is 0 Å². The van der Waals surface area contributed by atoms with E-state index in [2.05, 4.69) is 41.9 Å². The summed E-state index contributed by atoms with van der Waals surface area (Å²) in [5, 5.41) is 9.71. The second-order valence-corrected chi connectivity index (χ2v) is 4.71. The standard InChI is InChI=1S/C12H17BrO/c1-4-12(14)10-6-5-9(8(2)3)7-11(10)13/h5-8,12,14H,4H2,1-3H3. The fourth-order valence-corrected chi connectivity index (χ4v) is 2.05. The Morgan fingerprint density at radius 3 is 2.43 bits per heavy atom. The van der Waals surface area contributed by atoms with Crippen molar-refractivity contribution in [1.29, 1.82) is 0 Å². The van der Waals surface area contributed by atoms with E-state index in [1.54, 1.807) is 0 Å². The summed E-state index contributed by atoms with van der Waals surface area (Å²) in [6, 6.07) is 6.19. The van der Waals surface area contributed by atoms with Crippen LogP contribution >= 0.6 is 15.9 Å². The molecule has 0 radical (unpaired) electrons. The molecule has 0 bridgehead atoms. The fraction of sp³-hybridized carbons (Fsp3) is 0.500. The average molecular weight is 257 g/mol. The van der Waals surface area contributed by atoms with E-state index in [9.17, 15) is 5.11 Å². The third-order valence-corrected chi connectivity index (χ3v) is 3.12. The Balaban J connectivity index is 3.01. The van der Waals surface area contributed by atoms with E-state index in [1.807, 2.05) is 13.0 Å². The molecule has 1 rings (SSSR count). The van der Waals surface area contributed by atoms with Gasteiger partial charge < -0.3 is 5.11 Å². The summed E-state index contributed by atoms with van der Waals surface area (Å²) in [5.41, 5.74) is 2.28. The summed E-state index contributed by atoms with van der Waals surface area (Å²) in [5.74, 6) is 0.527. The maximum Gasteiger partial charge on any atom is 0.0798 e. The topological polar surface area (TPSA) is 20.2 Å². The zero-order chi connectivity index (χ0) is 10.7. The fourth-order valence-electron chi connectivity index (χ4n) is 1.39. The molecule has 0 saturated carbocycles. The van der Waals surface area contributed by atoms with Crippen molar-refractivity contribution >= 4 is 15.9 Å². The molecule has 0 spiro atoms. The van der Waals surface area contributed by atoms with Crippen LogP contribution in [0, 0.1) is 0 Å². The Morgan fingerprint density at radius 1 is 1.36 bits per heavy atom. The number of rotatable bonds is 3. The number of aliphatic hydroxyl groups is 1. The molecule has 0 aliphatic rings. The van der Waals surface area contributed by atoms with Gasteiger partial charge in [-0.15, -0.1) is 0 Å². The van der Waals surface area contributed by atoms with E-state index in [4.69, 9.17) is 0 Å². The predicted octanol–water partition coefficient (Wildman–Crippen LogP) is 4.02. The lowest BCUT2D eigenvalue weighted by Crippen LogP contribution is -1.98. The Kier molecular flexibility index (Phi) is 4.14. The van der Waals surface area contributed by atoms with Gasteiger partial charge in [-0.05, 0) is 29.5 Å². The summed E-state index contributed by atoms with van der Waals surface area (Å²) < 4.78 is 1.01. The molecule has 0 aromatic heterocycles. The molecule has 1 aromatic rings. The van der Waals surface area contributed by atoms with Gasteiger partial charge >= 0.3 is 0 Å². The molecule has 0 amide bonds. The molecule has 0 heterocycles. The zero-order valence-corrected chi connectivity index (χ0v) is 10.5. The minimum absolute atomic E-state index is 0.356. The lowest BCUT2D eigenvalue weighted by molar-refractivity contribution is 0.173. The highest BCUT2D eigenvalue weighted by Gasteiger charge is 2.10. The SMILES string of the molecule is CCC(O)c1ccc(C(C)C)cc1Br. The maximum absolute atomic E-state index is 9.71. The van der Waals surface area contributed by atoms with Gasteiger partial charge in [-0.25, -0.2) is 0 Å². The molecule has 0 fully saturated rings. The monoisotopic (exact) mass is 256 g/mol. The van der Waals surface area contributed by atoms with Crippen molar-refractivity contribution in [1.82, 2.24) is 0 Å². The largest absolute Gasteiger partial charge is 0.388 e. The summed E-state index contributed by atoms with van der Waals surface area (Å²) in [6.45, 7) is 6.31. The van der Waals surface area contributed by atoms with Crippen molar-refractivity contribution in [3.8, 4) is 0 Å². The molecule has 78 valence electrons. The van der Waals surface area contributed by atoms with Crippen molar-refractivity contribution in [2.45, 2.75) is 39.2 Å². The highest BCUT2D eigenvalue weighted by atomic mass is 79.9. The first-order chi connectivity index (χ1) is 6.56. The smallest absolute Gasteiger partial charge is 0.0798 e. The van der Waals surface area contributed by atoms with Crippen molar-refractivity contribution < 1.29 is 5.11 Å². The first-order valence-corrected chi connectivity index (χ1v) is 5.83. The third-order valence-electron chi connectivity index (χ3n) is 2.44. The molecule has 1 nitrogen and oxygen atoms in total. The molecule has 1 atom stereocenters. The molecule has 2 heteroatoms. The van der Waals surface area contributed by atoms with Crippen molar-refractivity contribution in [2.24, 2.45) is 0 Å². The Labute approximate surface area is 94.3 Å². The van der Waals surface area contributed by atoms with E-state index in [0.29, 0.717) is 5.92 Å². The van der Waals surface area contributed by atoms with Gasteiger partial charge in [0.25, 0.3) is 0 Å². The van der Waals surface area contributed by atoms with Crippen LogP contribution in [0.1, 0.15) is 50.3 Å².